The largest absolute Gasteiger partial charge is 0.296 e. The molecule has 5 rings (SSSR count). The maximum Gasteiger partial charge on any atom is 0.268 e. The monoisotopic (exact) mass is 410 g/mol. The van der Waals surface area contributed by atoms with Gasteiger partial charge in [-0.1, -0.05) is 23.8 Å². The van der Waals surface area contributed by atoms with Gasteiger partial charge in [-0.3, -0.25) is 4.90 Å². The normalized spacial score (nSPS) is 20.1. The molecule has 3 heterocycles. The van der Waals surface area contributed by atoms with E-state index in [0.717, 1.165) is 42.6 Å². The SMILES string of the molecule is Cc1ccc(S(=O)(=O)n2cc(C3=CCN4CCCC4C3)c3cc(F)ccc32)cc1. The Balaban J connectivity index is 1.67. The second-order valence-corrected chi connectivity index (χ2v) is 9.86. The van der Waals surface area contributed by atoms with Crippen LogP contribution in [0.15, 0.2) is 59.6 Å². The number of aromatic nitrogens is 1. The molecule has 29 heavy (non-hydrogen) atoms. The lowest BCUT2D eigenvalue weighted by atomic mass is 9.94. The van der Waals surface area contributed by atoms with Gasteiger partial charge in [0.05, 0.1) is 10.4 Å². The summed E-state index contributed by atoms with van der Waals surface area (Å²) in [5.74, 6) is -0.358. The van der Waals surface area contributed by atoms with Crippen LogP contribution in [0.3, 0.4) is 0 Å². The van der Waals surface area contributed by atoms with Crippen molar-refractivity contribution in [3.63, 3.8) is 0 Å². The summed E-state index contributed by atoms with van der Waals surface area (Å²) >= 11 is 0. The predicted octanol–water partition coefficient (Wildman–Crippen LogP) is 4.58. The number of hydrogen-bond donors (Lipinski definition) is 0. The zero-order valence-electron chi connectivity index (χ0n) is 16.3. The molecule has 6 heteroatoms. The molecule has 2 aliphatic rings. The highest BCUT2D eigenvalue weighted by atomic mass is 32.2. The van der Waals surface area contributed by atoms with Gasteiger partial charge in [-0.2, -0.15) is 0 Å². The molecule has 2 aromatic carbocycles. The molecule has 1 saturated heterocycles. The highest BCUT2D eigenvalue weighted by molar-refractivity contribution is 7.90. The third kappa shape index (κ3) is 3.11. The maximum absolute atomic E-state index is 14.1. The Hall–Kier alpha value is -2.44. The summed E-state index contributed by atoms with van der Waals surface area (Å²) < 4.78 is 42.1. The standard InChI is InChI=1S/C23H23FN2O2S/c1-16-4-7-20(8-5-16)29(27,28)26-15-22(21-14-18(24)6-9-23(21)26)17-10-12-25-11-2-3-19(25)13-17/h4-10,14-15,19H,2-3,11-13H2,1H3. The number of halogens is 1. The smallest absolute Gasteiger partial charge is 0.268 e. The topological polar surface area (TPSA) is 42.3 Å². The van der Waals surface area contributed by atoms with Gasteiger partial charge in [0.25, 0.3) is 10.0 Å². The Labute approximate surface area is 170 Å². The lowest BCUT2D eigenvalue weighted by Crippen LogP contribution is -2.32. The van der Waals surface area contributed by atoms with Gasteiger partial charge in [0.1, 0.15) is 5.82 Å². The quantitative estimate of drug-likeness (QED) is 0.635. The molecule has 1 aromatic heterocycles. The van der Waals surface area contributed by atoms with Gasteiger partial charge in [0.15, 0.2) is 0 Å². The van der Waals surface area contributed by atoms with E-state index in [2.05, 4.69) is 11.0 Å². The fourth-order valence-electron chi connectivity index (χ4n) is 4.60. The molecule has 2 aliphatic heterocycles. The Kier molecular flexibility index (Phi) is 4.37. The van der Waals surface area contributed by atoms with Crippen LogP contribution in [0.25, 0.3) is 16.5 Å². The minimum atomic E-state index is -3.77. The molecule has 1 unspecified atom stereocenters. The van der Waals surface area contributed by atoms with Crippen molar-refractivity contribution in [2.75, 3.05) is 13.1 Å². The first kappa shape index (κ1) is 18.6. The van der Waals surface area contributed by atoms with Crippen molar-refractivity contribution >= 4 is 26.5 Å². The molecule has 4 nitrogen and oxygen atoms in total. The Morgan fingerprint density at radius 1 is 1.10 bits per heavy atom. The van der Waals surface area contributed by atoms with Gasteiger partial charge in [-0.15, -0.1) is 0 Å². The number of hydrogen-bond acceptors (Lipinski definition) is 3. The maximum atomic E-state index is 14.1. The van der Waals surface area contributed by atoms with Crippen molar-refractivity contribution in [1.82, 2.24) is 8.87 Å². The van der Waals surface area contributed by atoms with Crippen molar-refractivity contribution in [2.24, 2.45) is 0 Å². The van der Waals surface area contributed by atoms with Crippen LogP contribution >= 0.6 is 0 Å². The fraction of sp³-hybridized carbons (Fsp3) is 0.304. The summed E-state index contributed by atoms with van der Waals surface area (Å²) in [4.78, 5) is 2.70. The average Bonchev–Trinajstić information content (AvgIpc) is 3.32. The van der Waals surface area contributed by atoms with E-state index >= 15 is 0 Å². The Morgan fingerprint density at radius 3 is 2.69 bits per heavy atom. The number of nitrogens with zero attached hydrogens (tertiary/aromatic N) is 2. The van der Waals surface area contributed by atoms with Crippen molar-refractivity contribution < 1.29 is 12.8 Å². The number of aryl methyl sites for hydroxylation is 1. The lowest BCUT2D eigenvalue weighted by molar-refractivity contribution is 0.275. The van der Waals surface area contributed by atoms with Crippen LogP contribution in [-0.2, 0) is 10.0 Å². The summed E-state index contributed by atoms with van der Waals surface area (Å²) in [5, 5.41) is 0.651. The zero-order chi connectivity index (χ0) is 20.2. The highest BCUT2D eigenvalue weighted by Gasteiger charge is 2.30. The van der Waals surface area contributed by atoms with E-state index in [0.29, 0.717) is 16.9 Å². The minimum Gasteiger partial charge on any atom is -0.296 e. The third-order valence-corrected chi connectivity index (χ3v) is 7.87. The van der Waals surface area contributed by atoms with Crippen LogP contribution in [0, 0.1) is 12.7 Å². The van der Waals surface area contributed by atoms with Crippen molar-refractivity contribution in [2.45, 2.75) is 37.1 Å². The molecule has 1 fully saturated rings. The summed E-state index contributed by atoms with van der Waals surface area (Å²) in [6.07, 6.45) is 7.08. The van der Waals surface area contributed by atoms with E-state index in [1.807, 2.05) is 6.92 Å². The van der Waals surface area contributed by atoms with Crippen LogP contribution in [0.2, 0.25) is 0 Å². The molecule has 1 atom stereocenters. The first-order valence-corrected chi connectivity index (χ1v) is 11.4. The fourth-order valence-corrected chi connectivity index (χ4v) is 5.97. The highest BCUT2D eigenvalue weighted by Crippen LogP contribution is 2.37. The minimum absolute atomic E-state index is 0.232. The van der Waals surface area contributed by atoms with Crippen LogP contribution in [-0.4, -0.2) is 36.4 Å². The molecule has 0 N–H and O–H groups in total. The van der Waals surface area contributed by atoms with E-state index in [4.69, 9.17) is 0 Å². The molecule has 0 amide bonds. The van der Waals surface area contributed by atoms with Crippen LogP contribution < -0.4 is 0 Å². The lowest BCUT2D eigenvalue weighted by Gasteiger charge is -2.29. The van der Waals surface area contributed by atoms with Gasteiger partial charge in [0, 0.05) is 29.7 Å². The number of fused-ring (bicyclic) bond motifs is 2. The zero-order valence-corrected chi connectivity index (χ0v) is 17.1. The number of rotatable bonds is 3. The van der Waals surface area contributed by atoms with Crippen molar-refractivity contribution in [3.8, 4) is 0 Å². The molecule has 0 saturated carbocycles. The van der Waals surface area contributed by atoms with Gasteiger partial charge in [-0.05, 0) is 68.6 Å². The van der Waals surface area contributed by atoms with Gasteiger partial charge in [0.2, 0.25) is 0 Å². The summed E-state index contributed by atoms with van der Waals surface area (Å²) in [7, 11) is -3.77. The summed E-state index contributed by atoms with van der Waals surface area (Å²) in [6, 6.07) is 11.6. The molecule has 150 valence electrons. The van der Waals surface area contributed by atoms with E-state index in [9.17, 15) is 12.8 Å². The van der Waals surface area contributed by atoms with Crippen LogP contribution in [0.5, 0.6) is 0 Å². The van der Waals surface area contributed by atoms with Gasteiger partial charge in [-0.25, -0.2) is 16.8 Å². The van der Waals surface area contributed by atoms with Crippen molar-refractivity contribution in [3.05, 3.63) is 71.7 Å². The molecule has 0 spiro atoms. The van der Waals surface area contributed by atoms with E-state index in [-0.39, 0.29) is 10.7 Å². The second-order valence-electron chi connectivity index (χ2n) is 8.04. The molecule has 0 radical (unpaired) electrons. The Bertz CT molecular complexity index is 1230. The second kappa shape index (κ2) is 6.82. The van der Waals surface area contributed by atoms with E-state index in [1.54, 1.807) is 36.5 Å². The van der Waals surface area contributed by atoms with Gasteiger partial charge >= 0.3 is 0 Å². The van der Waals surface area contributed by atoms with Gasteiger partial charge < -0.3 is 0 Å². The van der Waals surface area contributed by atoms with Crippen LogP contribution in [0.1, 0.15) is 30.4 Å². The molecular formula is C23H23FN2O2S. The summed E-state index contributed by atoms with van der Waals surface area (Å²) in [6.45, 7) is 3.91. The number of benzene rings is 2. The molecule has 0 bridgehead atoms. The Morgan fingerprint density at radius 2 is 1.90 bits per heavy atom. The van der Waals surface area contributed by atoms with E-state index < -0.39 is 10.0 Å². The molecular weight excluding hydrogens is 387 g/mol. The third-order valence-electron chi connectivity index (χ3n) is 6.18. The first-order valence-electron chi connectivity index (χ1n) is 10.00. The molecule has 0 aliphatic carbocycles. The predicted molar refractivity (Wildman–Crippen MR) is 113 cm³/mol. The molecule has 3 aromatic rings. The van der Waals surface area contributed by atoms with Crippen LogP contribution in [0.4, 0.5) is 4.39 Å². The van der Waals surface area contributed by atoms with E-state index in [1.165, 1.54) is 22.5 Å². The van der Waals surface area contributed by atoms with Crippen molar-refractivity contribution in [1.29, 1.82) is 0 Å². The first-order chi connectivity index (χ1) is 13.9. The average molecular weight is 411 g/mol. The summed E-state index contributed by atoms with van der Waals surface area (Å²) in [5.41, 5.74) is 3.44.